The molecule has 3 nitrogen and oxygen atoms in total. The van der Waals surface area contributed by atoms with Crippen molar-refractivity contribution in [3.63, 3.8) is 0 Å². The summed E-state index contributed by atoms with van der Waals surface area (Å²) in [5.74, 6) is 0. The Labute approximate surface area is 221 Å². The summed E-state index contributed by atoms with van der Waals surface area (Å²) in [6.07, 6.45) is 5.28. The fraction of sp³-hybridized carbons (Fsp3) is 0.161. The van der Waals surface area contributed by atoms with Gasteiger partial charge in [0.25, 0.3) is 0 Å². The molecule has 5 aromatic rings. The SMILES string of the molecule is Cc1ccc(-n2nc(C)c3c(-c4ccc(Cl)cc4)c4c(nc32)/C(=C/c2ccc(Cl)cc2)CCC4)cc1. The Morgan fingerprint density at radius 2 is 1.47 bits per heavy atom. The van der Waals surface area contributed by atoms with E-state index in [1.54, 1.807) is 0 Å². The van der Waals surface area contributed by atoms with Crippen LogP contribution in [0.1, 0.15) is 40.9 Å². The molecule has 0 radical (unpaired) electrons. The summed E-state index contributed by atoms with van der Waals surface area (Å²) in [7, 11) is 0. The van der Waals surface area contributed by atoms with E-state index in [-0.39, 0.29) is 0 Å². The molecule has 0 spiro atoms. The minimum Gasteiger partial charge on any atom is -0.228 e. The first-order valence-electron chi connectivity index (χ1n) is 12.2. The van der Waals surface area contributed by atoms with Gasteiger partial charge in [-0.3, -0.25) is 0 Å². The molecule has 0 saturated heterocycles. The second kappa shape index (κ2) is 9.24. The van der Waals surface area contributed by atoms with Crippen molar-refractivity contribution in [2.24, 2.45) is 0 Å². The molecule has 36 heavy (non-hydrogen) atoms. The summed E-state index contributed by atoms with van der Waals surface area (Å²) >= 11 is 12.4. The number of aryl methyl sites for hydroxylation is 2. The molecule has 5 heteroatoms. The second-order valence-electron chi connectivity index (χ2n) is 9.43. The molecule has 178 valence electrons. The highest BCUT2D eigenvalue weighted by molar-refractivity contribution is 6.31. The largest absolute Gasteiger partial charge is 0.228 e. The maximum atomic E-state index is 6.27. The number of aromatic nitrogens is 3. The highest BCUT2D eigenvalue weighted by Gasteiger charge is 2.26. The summed E-state index contributed by atoms with van der Waals surface area (Å²) in [6.45, 7) is 4.17. The van der Waals surface area contributed by atoms with Crippen LogP contribution in [-0.2, 0) is 6.42 Å². The number of nitrogens with zero attached hydrogens (tertiary/aromatic N) is 3. The van der Waals surface area contributed by atoms with Crippen molar-refractivity contribution in [3.05, 3.63) is 111 Å². The molecule has 0 fully saturated rings. The van der Waals surface area contributed by atoms with Gasteiger partial charge in [0.1, 0.15) is 0 Å². The first-order valence-corrected chi connectivity index (χ1v) is 13.0. The molecule has 2 heterocycles. The van der Waals surface area contributed by atoms with Crippen LogP contribution in [0.25, 0.3) is 39.5 Å². The topological polar surface area (TPSA) is 30.7 Å². The third kappa shape index (κ3) is 4.13. The fourth-order valence-electron chi connectivity index (χ4n) is 5.14. The van der Waals surface area contributed by atoms with Gasteiger partial charge in [0, 0.05) is 10.0 Å². The van der Waals surface area contributed by atoms with Gasteiger partial charge in [-0.25, -0.2) is 9.67 Å². The normalized spacial score (nSPS) is 14.4. The number of rotatable bonds is 3. The van der Waals surface area contributed by atoms with E-state index in [0.29, 0.717) is 0 Å². The molecule has 0 amide bonds. The zero-order valence-corrected chi connectivity index (χ0v) is 21.7. The molecule has 0 saturated carbocycles. The van der Waals surface area contributed by atoms with E-state index in [1.807, 2.05) is 28.9 Å². The summed E-state index contributed by atoms with van der Waals surface area (Å²) < 4.78 is 1.98. The fourth-order valence-corrected chi connectivity index (χ4v) is 5.39. The average Bonchev–Trinajstić information content (AvgIpc) is 3.21. The van der Waals surface area contributed by atoms with Crippen molar-refractivity contribution >= 4 is 45.9 Å². The zero-order chi connectivity index (χ0) is 24.8. The molecule has 0 unspecified atom stereocenters. The average molecular weight is 510 g/mol. The quantitative estimate of drug-likeness (QED) is 0.243. The van der Waals surface area contributed by atoms with Gasteiger partial charge >= 0.3 is 0 Å². The van der Waals surface area contributed by atoms with Crippen LogP contribution in [-0.4, -0.2) is 14.8 Å². The van der Waals surface area contributed by atoms with Gasteiger partial charge < -0.3 is 0 Å². The number of hydrogen-bond donors (Lipinski definition) is 0. The minimum absolute atomic E-state index is 0.730. The molecule has 0 atom stereocenters. The van der Waals surface area contributed by atoms with E-state index in [9.17, 15) is 0 Å². The standard InChI is InChI=1S/C31H25Cl2N3/c1-19-6-16-26(17-7-19)36-31-28(20(2)35-36)29(22-10-14-25(33)15-11-22)27-5-3-4-23(30(27)34-31)18-21-8-12-24(32)13-9-21/h6-18H,3-5H2,1-2H3/b23-18+. The third-order valence-electron chi connectivity index (χ3n) is 6.89. The first-order chi connectivity index (χ1) is 17.5. The van der Waals surface area contributed by atoms with Crippen molar-refractivity contribution < 1.29 is 0 Å². The molecule has 2 aromatic heterocycles. The van der Waals surface area contributed by atoms with Crippen LogP contribution in [0.15, 0.2) is 72.8 Å². The van der Waals surface area contributed by atoms with Crippen molar-refractivity contribution in [3.8, 4) is 16.8 Å². The number of benzene rings is 3. The van der Waals surface area contributed by atoms with Crippen LogP contribution in [0.5, 0.6) is 0 Å². The Morgan fingerprint density at radius 1 is 0.806 bits per heavy atom. The van der Waals surface area contributed by atoms with Crippen LogP contribution >= 0.6 is 23.2 Å². The molecule has 1 aliphatic carbocycles. The first kappa shape index (κ1) is 23.0. The van der Waals surface area contributed by atoms with Crippen LogP contribution in [0.4, 0.5) is 0 Å². The van der Waals surface area contributed by atoms with Gasteiger partial charge in [0.05, 0.1) is 22.5 Å². The smallest absolute Gasteiger partial charge is 0.164 e. The number of halogens is 2. The van der Waals surface area contributed by atoms with Crippen molar-refractivity contribution in [2.45, 2.75) is 33.1 Å². The van der Waals surface area contributed by atoms with Gasteiger partial charge in [-0.15, -0.1) is 0 Å². The van der Waals surface area contributed by atoms with Gasteiger partial charge in [0.15, 0.2) is 5.65 Å². The maximum Gasteiger partial charge on any atom is 0.164 e. The number of fused-ring (bicyclic) bond motifs is 2. The molecule has 0 N–H and O–H groups in total. The van der Waals surface area contributed by atoms with E-state index in [2.05, 4.69) is 68.5 Å². The predicted octanol–water partition coefficient (Wildman–Crippen LogP) is 8.89. The molecular formula is C31H25Cl2N3. The lowest BCUT2D eigenvalue weighted by Gasteiger charge is -2.23. The third-order valence-corrected chi connectivity index (χ3v) is 7.39. The Bertz CT molecular complexity index is 1610. The Morgan fingerprint density at radius 3 is 2.17 bits per heavy atom. The lowest BCUT2D eigenvalue weighted by Crippen LogP contribution is -2.09. The number of hydrogen-bond acceptors (Lipinski definition) is 2. The summed E-state index contributed by atoms with van der Waals surface area (Å²) in [5.41, 5.74) is 11.1. The molecule has 1 aliphatic rings. The van der Waals surface area contributed by atoms with Crippen LogP contribution in [0, 0.1) is 13.8 Å². The van der Waals surface area contributed by atoms with Crippen molar-refractivity contribution in [1.29, 1.82) is 0 Å². The highest BCUT2D eigenvalue weighted by atomic mass is 35.5. The van der Waals surface area contributed by atoms with E-state index >= 15 is 0 Å². The lowest BCUT2D eigenvalue weighted by atomic mass is 9.84. The molecule has 0 bridgehead atoms. The lowest BCUT2D eigenvalue weighted by molar-refractivity contribution is 0.812. The Hall–Kier alpha value is -3.40. The molecule has 6 rings (SSSR count). The summed E-state index contributed by atoms with van der Waals surface area (Å²) in [4.78, 5) is 5.31. The van der Waals surface area contributed by atoms with Crippen LogP contribution in [0.2, 0.25) is 10.0 Å². The van der Waals surface area contributed by atoms with Crippen molar-refractivity contribution in [1.82, 2.24) is 14.8 Å². The number of pyridine rings is 1. The zero-order valence-electron chi connectivity index (χ0n) is 20.2. The highest BCUT2D eigenvalue weighted by Crippen LogP contribution is 2.42. The number of allylic oxidation sites excluding steroid dienone is 1. The summed E-state index contributed by atoms with van der Waals surface area (Å²) in [6, 6.07) is 24.6. The van der Waals surface area contributed by atoms with E-state index in [4.69, 9.17) is 33.3 Å². The second-order valence-corrected chi connectivity index (χ2v) is 10.3. The maximum absolute atomic E-state index is 6.27. The van der Waals surface area contributed by atoms with Gasteiger partial charge in [-0.05, 0) is 103 Å². The van der Waals surface area contributed by atoms with E-state index in [0.717, 1.165) is 68.5 Å². The predicted molar refractivity (Wildman–Crippen MR) is 151 cm³/mol. The van der Waals surface area contributed by atoms with E-state index < -0.39 is 0 Å². The monoisotopic (exact) mass is 509 g/mol. The minimum atomic E-state index is 0.730. The Balaban J connectivity index is 1.66. The van der Waals surface area contributed by atoms with E-state index in [1.165, 1.54) is 22.3 Å². The van der Waals surface area contributed by atoms with Crippen LogP contribution in [0.3, 0.4) is 0 Å². The van der Waals surface area contributed by atoms with Gasteiger partial charge in [-0.2, -0.15) is 5.10 Å². The molecule has 3 aromatic carbocycles. The molecule has 0 aliphatic heterocycles. The Kier molecular flexibility index (Phi) is 5.91. The summed E-state index contributed by atoms with van der Waals surface area (Å²) in [5, 5.41) is 7.55. The van der Waals surface area contributed by atoms with Crippen LogP contribution < -0.4 is 0 Å². The van der Waals surface area contributed by atoms with Gasteiger partial charge in [-0.1, -0.05) is 65.2 Å². The van der Waals surface area contributed by atoms with Gasteiger partial charge in [0.2, 0.25) is 0 Å². The molecular weight excluding hydrogens is 485 g/mol. The van der Waals surface area contributed by atoms with Crippen molar-refractivity contribution in [2.75, 3.05) is 0 Å².